The number of ether oxygens (including phenoxy) is 1. The van der Waals surface area contributed by atoms with Gasteiger partial charge in [0.15, 0.2) is 9.84 Å². The zero-order valence-corrected chi connectivity index (χ0v) is 26.2. The molecule has 3 heterocycles. The molecule has 6 rings (SSSR count). The lowest BCUT2D eigenvalue weighted by Crippen LogP contribution is -2.30. The zero-order valence-electron chi connectivity index (χ0n) is 23.3. The maximum atomic E-state index is 13.9. The van der Waals surface area contributed by atoms with E-state index in [0.29, 0.717) is 43.2 Å². The molecule has 1 N–H and O–H groups in total. The molecule has 1 aromatic heterocycles. The summed E-state index contributed by atoms with van der Waals surface area (Å²) in [7, 11) is 0.994. The van der Waals surface area contributed by atoms with Crippen LogP contribution < -0.4 is 9.64 Å². The van der Waals surface area contributed by atoms with Crippen LogP contribution in [0, 0.1) is 8.99 Å². The minimum absolute atomic E-state index is 0.0354. The van der Waals surface area contributed by atoms with Gasteiger partial charge in [0, 0.05) is 39.6 Å². The van der Waals surface area contributed by atoms with Crippen LogP contribution in [0.15, 0.2) is 30.3 Å². The van der Waals surface area contributed by atoms with Crippen LogP contribution in [0.1, 0.15) is 40.9 Å². The second-order valence-corrected chi connectivity index (χ2v) is 15.2. The lowest BCUT2D eigenvalue weighted by atomic mass is 10.0. The predicted octanol–water partition coefficient (Wildman–Crippen LogP) is 3.44. The number of rotatable bonds is 7. The Morgan fingerprint density at radius 2 is 1.95 bits per heavy atom. The van der Waals surface area contributed by atoms with E-state index in [2.05, 4.69) is 41.6 Å². The van der Waals surface area contributed by atoms with Crippen molar-refractivity contribution >= 4 is 54.9 Å². The summed E-state index contributed by atoms with van der Waals surface area (Å²) in [6.45, 7) is 2.88. The van der Waals surface area contributed by atoms with Crippen LogP contribution >= 0.6 is 22.6 Å². The molecule has 1 saturated heterocycles. The van der Waals surface area contributed by atoms with Gasteiger partial charge in [0.05, 0.1) is 42.5 Å². The van der Waals surface area contributed by atoms with Crippen LogP contribution in [0.5, 0.6) is 11.8 Å². The number of aromatic hydroxyl groups is 1. The van der Waals surface area contributed by atoms with Crippen LogP contribution in [0.2, 0.25) is 0 Å². The van der Waals surface area contributed by atoms with Gasteiger partial charge in [-0.1, -0.05) is 12.1 Å². The molecule has 12 heteroatoms. The number of halogens is 1. The monoisotopic (exact) mass is 691 g/mol. The highest BCUT2D eigenvalue weighted by molar-refractivity contribution is 14.1. The van der Waals surface area contributed by atoms with Crippen molar-refractivity contribution in [2.75, 3.05) is 56.7 Å². The Labute approximate surface area is 253 Å². The quantitative estimate of drug-likeness (QED) is 0.372. The zero-order chi connectivity index (χ0) is 28.9. The number of aromatic nitrogens is 2. The molecule has 2 aliphatic heterocycles. The number of anilines is 1. The van der Waals surface area contributed by atoms with Crippen LogP contribution in [0.3, 0.4) is 0 Å². The third-order valence-corrected chi connectivity index (χ3v) is 10.8. The standard InChI is InChI=1S/C29H34IN5O5S/c1-33(2)17-29(7-8-29)18-40-28-31-24-16-35(15-22(24)26(32-28)34-9-4-11-41(38,39)12-10-34)27(37)21-14-20(36)13-19-5-3-6-23(30)25(19)21/h3,5-6,13-14,36H,4,7-12,15-18H2,1-2H3. The summed E-state index contributed by atoms with van der Waals surface area (Å²) in [5.41, 5.74) is 2.06. The van der Waals surface area contributed by atoms with Gasteiger partial charge in [-0.15, -0.1) is 0 Å². The third-order valence-electron chi connectivity index (χ3n) is 8.14. The molecular weight excluding hydrogens is 657 g/mol. The van der Waals surface area contributed by atoms with Crippen molar-refractivity contribution in [3.63, 3.8) is 0 Å². The average molecular weight is 692 g/mol. The van der Waals surface area contributed by atoms with E-state index in [1.54, 1.807) is 11.0 Å². The molecule has 2 fully saturated rings. The number of carbonyl (C=O) groups is 1. The third kappa shape index (κ3) is 5.96. The lowest BCUT2D eigenvalue weighted by molar-refractivity contribution is 0.0752. The van der Waals surface area contributed by atoms with E-state index in [4.69, 9.17) is 14.7 Å². The fourth-order valence-corrected chi connectivity index (χ4v) is 8.04. The molecule has 0 spiro atoms. The number of carbonyl (C=O) groups excluding carboxylic acids is 1. The van der Waals surface area contributed by atoms with Gasteiger partial charge < -0.3 is 24.5 Å². The first-order valence-corrected chi connectivity index (χ1v) is 16.8. The van der Waals surface area contributed by atoms with Crippen molar-refractivity contribution in [2.24, 2.45) is 5.41 Å². The SMILES string of the molecule is CN(C)CC1(COc2nc3c(c(N4CCCS(=O)(=O)CC4)n2)CN(C(=O)c2cc(O)cc4cccc(I)c24)C3)CC1. The van der Waals surface area contributed by atoms with Gasteiger partial charge in [-0.25, -0.2) is 8.42 Å². The van der Waals surface area contributed by atoms with Crippen molar-refractivity contribution < 1.29 is 23.1 Å². The number of hydrogen-bond acceptors (Lipinski definition) is 9. The first-order chi connectivity index (χ1) is 19.5. The number of benzene rings is 2. The molecule has 0 unspecified atom stereocenters. The van der Waals surface area contributed by atoms with Crippen LogP contribution in [-0.2, 0) is 22.9 Å². The lowest BCUT2D eigenvalue weighted by Gasteiger charge is -2.24. The molecule has 0 atom stereocenters. The van der Waals surface area contributed by atoms with Crippen molar-refractivity contribution in [3.8, 4) is 11.8 Å². The number of amides is 1. The largest absolute Gasteiger partial charge is 0.508 e. The minimum Gasteiger partial charge on any atom is -0.508 e. The molecule has 218 valence electrons. The molecule has 3 aliphatic rings. The van der Waals surface area contributed by atoms with E-state index in [0.717, 1.165) is 39.3 Å². The smallest absolute Gasteiger partial charge is 0.318 e. The van der Waals surface area contributed by atoms with Gasteiger partial charge in [-0.3, -0.25) is 4.79 Å². The Balaban J connectivity index is 1.33. The van der Waals surface area contributed by atoms with Crippen molar-refractivity contribution in [1.82, 2.24) is 19.8 Å². The maximum absolute atomic E-state index is 13.9. The van der Waals surface area contributed by atoms with Gasteiger partial charge in [0.25, 0.3) is 5.91 Å². The molecule has 10 nitrogen and oxygen atoms in total. The summed E-state index contributed by atoms with van der Waals surface area (Å²) in [6, 6.07) is 9.18. The highest BCUT2D eigenvalue weighted by Gasteiger charge is 2.44. The Kier molecular flexibility index (Phi) is 7.52. The topological polar surface area (TPSA) is 116 Å². The number of phenolic OH excluding ortho intramolecular Hbond substituents is 1. The number of sulfone groups is 1. The Morgan fingerprint density at radius 1 is 1.15 bits per heavy atom. The van der Waals surface area contributed by atoms with E-state index in [9.17, 15) is 18.3 Å². The minimum atomic E-state index is -3.12. The molecule has 0 radical (unpaired) electrons. The fraction of sp³-hybridized carbons (Fsp3) is 0.483. The second-order valence-electron chi connectivity index (χ2n) is 11.8. The maximum Gasteiger partial charge on any atom is 0.318 e. The summed E-state index contributed by atoms with van der Waals surface area (Å²) >= 11 is 2.21. The summed E-state index contributed by atoms with van der Waals surface area (Å²) in [5, 5.41) is 12.0. The highest BCUT2D eigenvalue weighted by Crippen LogP contribution is 2.46. The summed E-state index contributed by atoms with van der Waals surface area (Å²) in [6.07, 6.45) is 2.69. The van der Waals surface area contributed by atoms with Crippen LogP contribution in [0.25, 0.3) is 10.8 Å². The van der Waals surface area contributed by atoms with Crippen LogP contribution in [-0.4, -0.2) is 91.0 Å². The molecule has 1 amide bonds. The molecular formula is C29H34IN5O5S. The van der Waals surface area contributed by atoms with Crippen molar-refractivity contribution in [2.45, 2.75) is 32.4 Å². The predicted molar refractivity (Wildman–Crippen MR) is 165 cm³/mol. The van der Waals surface area contributed by atoms with Crippen molar-refractivity contribution in [3.05, 3.63) is 50.7 Å². The summed E-state index contributed by atoms with van der Waals surface area (Å²) < 4.78 is 31.8. The van der Waals surface area contributed by atoms with E-state index >= 15 is 0 Å². The fourth-order valence-electron chi connectivity index (χ4n) is 5.95. The van der Waals surface area contributed by atoms with E-state index < -0.39 is 9.84 Å². The summed E-state index contributed by atoms with van der Waals surface area (Å²) in [4.78, 5) is 29.4. The molecule has 1 aliphatic carbocycles. The molecule has 2 aromatic carbocycles. The molecule has 3 aromatic rings. The number of fused-ring (bicyclic) bond motifs is 2. The van der Waals surface area contributed by atoms with Gasteiger partial charge in [0.2, 0.25) is 0 Å². The number of nitrogens with zero attached hydrogens (tertiary/aromatic N) is 5. The Hall–Kier alpha value is -2.71. The normalized spacial score (nSPS) is 19.3. The first kappa shape index (κ1) is 28.4. The summed E-state index contributed by atoms with van der Waals surface area (Å²) in [5.74, 6) is 0.687. The highest BCUT2D eigenvalue weighted by atomic mass is 127. The Bertz CT molecular complexity index is 1630. The van der Waals surface area contributed by atoms with Gasteiger partial charge in [0.1, 0.15) is 11.6 Å². The van der Waals surface area contributed by atoms with Crippen LogP contribution in [0.4, 0.5) is 5.82 Å². The number of phenols is 1. The van der Waals surface area contributed by atoms with Gasteiger partial charge >= 0.3 is 6.01 Å². The number of hydrogen-bond donors (Lipinski definition) is 1. The van der Waals surface area contributed by atoms with Gasteiger partial charge in [-0.05, 0) is 79.5 Å². The molecule has 41 heavy (non-hydrogen) atoms. The molecule has 1 saturated carbocycles. The van der Waals surface area contributed by atoms with Crippen molar-refractivity contribution in [1.29, 1.82) is 0 Å². The molecule has 0 bridgehead atoms. The first-order valence-electron chi connectivity index (χ1n) is 13.9. The van der Waals surface area contributed by atoms with E-state index in [1.165, 1.54) is 6.07 Å². The average Bonchev–Trinajstić information content (AvgIpc) is 3.57. The van der Waals surface area contributed by atoms with E-state index in [1.807, 2.05) is 23.1 Å². The van der Waals surface area contributed by atoms with E-state index in [-0.39, 0.29) is 47.7 Å². The second kappa shape index (κ2) is 10.8. The Morgan fingerprint density at radius 3 is 2.71 bits per heavy atom. The van der Waals surface area contributed by atoms with Gasteiger partial charge in [-0.2, -0.15) is 9.97 Å².